The van der Waals surface area contributed by atoms with Gasteiger partial charge in [-0.25, -0.2) is 4.39 Å². The molecule has 7 atom stereocenters. The van der Waals surface area contributed by atoms with E-state index in [0.717, 1.165) is 33.2 Å². The van der Waals surface area contributed by atoms with Gasteiger partial charge in [-0.15, -0.1) is 11.8 Å². The first-order valence-electron chi connectivity index (χ1n) is 14.2. The Hall–Kier alpha value is -3.69. The van der Waals surface area contributed by atoms with E-state index in [-0.39, 0.29) is 51.5 Å². The third kappa shape index (κ3) is 3.86. The lowest BCUT2D eigenvalue weighted by atomic mass is 9.68. The molecule has 4 aromatic rings. The highest BCUT2D eigenvalue weighted by Crippen LogP contribution is 2.68. The number of benzene rings is 3. The molecule has 4 aliphatic rings. The van der Waals surface area contributed by atoms with Gasteiger partial charge in [0.1, 0.15) is 18.2 Å². The van der Waals surface area contributed by atoms with Crippen LogP contribution < -0.4 is 14.5 Å². The Morgan fingerprint density at radius 2 is 1.64 bits per heavy atom. The molecule has 0 radical (unpaired) electrons. The largest absolute Gasteiger partial charge is 0.489 e. The number of fused-ring (bicyclic) bond motifs is 9. The van der Waals surface area contributed by atoms with E-state index in [0.29, 0.717) is 12.3 Å². The predicted octanol–water partition coefficient (Wildman–Crippen LogP) is 6.14. The number of aromatic amines is 1. The Labute approximate surface area is 249 Å². The average Bonchev–Trinajstić information content (AvgIpc) is 3.72. The summed E-state index contributed by atoms with van der Waals surface area (Å²) >= 11 is 2.92. The number of aromatic nitrogens is 1. The van der Waals surface area contributed by atoms with Crippen molar-refractivity contribution in [3.8, 4) is 5.75 Å². The van der Waals surface area contributed by atoms with Crippen molar-refractivity contribution in [2.24, 2.45) is 29.6 Å². The monoisotopic (exact) mass is 598 g/mol. The number of H-pyrrole nitrogens is 1. The molecule has 3 aromatic carbocycles. The molecule has 3 heterocycles. The van der Waals surface area contributed by atoms with Crippen molar-refractivity contribution < 1.29 is 18.7 Å². The number of thiazole rings is 1. The molecule has 2 amide bonds. The second kappa shape index (κ2) is 9.67. The van der Waals surface area contributed by atoms with Crippen molar-refractivity contribution in [2.75, 3.05) is 4.90 Å². The first kappa shape index (κ1) is 26.0. The summed E-state index contributed by atoms with van der Waals surface area (Å²) in [5.74, 6) is -0.667. The maximum atomic E-state index is 13.8. The molecule has 2 aliphatic carbocycles. The zero-order valence-electron chi connectivity index (χ0n) is 22.7. The van der Waals surface area contributed by atoms with Crippen molar-refractivity contribution in [1.82, 2.24) is 4.98 Å². The Bertz CT molecular complexity index is 1780. The maximum absolute atomic E-state index is 13.8. The van der Waals surface area contributed by atoms with Crippen molar-refractivity contribution >= 4 is 40.6 Å². The van der Waals surface area contributed by atoms with E-state index in [2.05, 4.69) is 36.2 Å². The average molecular weight is 599 g/mol. The molecular weight excluding hydrogens is 572 g/mol. The van der Waals surface area contributed by atoms with Gasteiger partial charge in [0.15, 0.2) is 0 Å². The molecule has 6 nitrogen and oxygen atoms in total. The van der Waals surface area contributed by atoms with Gasteiger partial charge in [-0.2, -0.15) is 0 Å². The quantitative estimate of drug-likeness (QED) is 0.279. The third-order valence-corrected chi connectivity index (χ3v) is 12.3. The number of anilines is 1. The number of halogens is 1. The Morgan fingerprint density at radius 1 is 0.929 bits per heavy atom. The van der Waals surface area contributed by atoms with Crippen LogP contribution in [0.1, 0.15) is 33.9 Å². The normalized spacial score (nSPS) is 29.0. The number of rotatable bonds is 5. The van der Waals surface area contributed by atoms with Gasteiger partial charge in [0.05, 0.1) is 22.5 Å². The van der Waals surface area contributed by atoms with Crippen LogP contribution in [0, 0.1) is 42.3 Å². The van der Waals surface area contributed by atoms with Crippen LogP contribution in [0.25, 0.3) is 0 Å². The number of carbonyl (C=O) groups is 2. The van der Waals surface area contributed by atoms with Crippen LogP contribution in [-0.4, -0.2) is 22.0 Å². The summed E-state index contributed by atoms with van der Waals surface area (Å²) in [6.45, 7) is 2.55. The van der Waals surface area contributed by atoms with Gasteiger partial charge < -0.3 is 9.72 Å². The van der Waals surface area contributed by atoms with Gasteiger partial charge in [0.25, 0.3) is 0 Å². The van der Waals surface area contributed by atoms with Gasteiger partial charge in [-0.1, -0.05) is 47.7 Å². The predicted molar refractivity (Wildman–Crippen MR) is 159 cm³/mol. The second-order valence-electron chi connectivity index (χ2n) is 11.7. The van der Waals surface area contributed by atoms with Crippen LogP contribution in [0.3, 0.4) is 0 Å². The zero-order valence-corrected chi connectivity index (χ0v) is 24.3. The summed E-state index contributed by atoms with van der Waals surface area (Å²) in [5, 5.41) is 0.994. The molecule has 2 bridgehead atoms. The third-order valence-electron chi connectivity index (χ3n) is 9.70. The lowest BCUT2D eigenvalue weighted by Crippen LogP contribution is -2.42. The molecule has 3 fully saturated rings. The van der Waals surface area contributed by atoms with Crippen LogP contribution in [0.5, 0.6) is 5.75 Å². The molecular formula is C33H27FN2O4S2. The van der Waals surface area contributed by atoms with Crippen molar-refractivity contribution in [2.45, 2.75) is 36.1 Å². The van der Waals surface area contributed by atoms with Gasteiger partial charge in [-0.05, 0) is 84.2 Å². The molecule has 2 saturated carbocycles. The topological polar surface area (TPSA) is 79.5 Å². The highest BCUT2D eigenvalue weighted by Gasteiger charge is 2.69. The van der Waals surface area contributed by atoms with Gasteiger partial charge in [0, 0.05) is 16.0 Å². The molecule has 212 valence electrons. The fourth-order valence-corrected chi connectivity index (χ4v) is 10.8. The van der Waals surface area contributed by atoms with Crippen molar-refractivity contribution in [3.05, 3.63) is 110 Å². The summed E-state index contributed by atoms with van der Waals surface area (Å²) < 4.78 is 19.7. The molecule has 42 heavy (non-hydrogen) atoms. The highest BCUT2D eigenvalue weighted by atomic mass is 32.2. The van der Waals surface area contributed by atoms with Crippen molar-refractivity contribution in [3.63, 3.8) is 0 Å². The Morgan fingerprint density at radius 3 is 2.38 bits per heavy atom. The van der Waals surface area contributed by atoms with E-state index in [4.69, 9.17) is 4.74 Å². The van der Waals surface area contributed by atoms with E-state index in [1.807, 2.05) is 24.3 Å². The second-order valence-corrected chi connectivity index (χ2v) is 13.9. The molecule has 1 aromatic heterocycles. The molecule has 1 N–H and O–H groups in total. The Balaban J connectivity index is 1.12. The molecule has 0 unspecified atom stereocenters. The number of aryl methyl sites for hydroxylation is 1. The minimum atomic E-state index is -0.407. The number of amides is 2. The fourth-order valence-electron chi connectivity index (χ4n) is 7.94. The first-order valence-corrected chi connectivity index (χ1v) is 15.9. The van der Waals surface area contributed by atoms with E-state index < -0.39 is 11.7 Å². The summed E-state index contributed by atoms with van der Waals surface area (Å²) in [7, 11) is 0. The number of nitrogens with one attached hydrogen (secondary N) is 1. The summed E-state index contributed by atoms with van der Waals surface area (Å²) in [6, 6.07) is 21.9. The van der Waals surface area contributed by atoms with Crippen LogP contribution in [0.4, 0.5) is 10.1 Å². The number of thioether (sulfide) groups is 1. The minimum Gasteiger partial charge on any atom is -0.489 e. The summed E-state index contributed by atoms with van der Waals surface area (Å²) in [6.07, 6.45) is 0.819. The minimum absolute atomic E-state index is 0.0201. The molecule has 8 rings (SSSR count). The summed E-state index contributed by atoms with van der Waals surface area (Å²) in [5.41, 5.74) is 3.83. The Kier molecular flexibility index (Phi) is 5.98. The van der Waals surface area contributed by atoms with Crippen LogP contribution in [0.15, 0.2) is 82.6 Å². The molecule has 1 saturated heterocycles. The molecule has 0 spiro atoms. The standard InChI is InChI=1S/C33H27FN2O4S2/c1-16-4-2-3-5-18(16)15-40-21-12-6-17(7-13-21)24-25-22-14-23(28(25)41-30-29(24)42-33(39)35-30)27-26(22)31(37)36(32(27)38)20-10-8-19(34)9-11-20/h2-13,22-28H,14-15H2,1H3,(H,35,39)/t22-,23-,24+,25+,26+,27+,28-/m1/s1. The number of nitrogens with zero attached hydrogens (tertiary/aromatic N) is 1. The van der Waals surface area contributed by atoms with Crippen LogP contribution >= 0.6 is 23.1 Å². The fraction of sp³-hybridized carbons (Fsp3) is 0.303. The number of ether oxygens (including phenoxy) is 1. The smallest absolute Gasteiger partial charge is 0.305 e. The first-order chi connectivity index (χ1) is 20.4. The molecule has 2 aliphatic heterocycles. The van der Waals surface area contributed by atoms with Gasteiger partial charge >= 0.3 is 4.87 Å². The van der Waals surface area contributed by atoms with Crippen LogP contribution in [-0.2, 0) is 16.2 Å². The van der Waals surface area contributed by atoms with Gasteiger partial charge in [0.2, 0.25) is 11.8 Å². The number of hydrogen-bond donors (Lipinski definition) is 1. The number of carbonyl (C=O) groups excluding carboxylic acids is 2. The number of hydrogen-bond acceptors (Lipinski definition) is 6. The van der Waals surface area contributed by atoms with Crippen LogP contribution in [0.2, 0.25) is 0 Å². The SMILES string of the molecule is Cc1ccccc1COc1ccc([C@@H]2c3sc(=O)[nH]c3S[C@@H]3[C@@H]4C[C@@H]([C@@H]5C(=O)N(c6ccc(F)cc6)C(=O)[C@@H]45)[C@@H]23)cc1. The zero-order chi connectivity index (χ0) is 28.7. The van der Waals surface area contributed by atoms with E-state index in [1.54, 1.807) is 11.8 Å². The lowest BCUT2D eigenvalue weighted by Gasteiger charge is -2.43. The van der Waals surface area contributed by atoms with Gasteiger partial charge in [-0.3, -0.25) is 19.3 Å². The number of imide groups is 1. The lowest BCUT2D eigenvalue weighted by molar-refractivity contribution is -0.123. The molecule has 9 heteroatoms. The van der Waals surface area contributed by atoms with E-state index >= 15 is 0 Å². The highest BCUT2D eigenvalue weighted by molar-refractivity contribution is 8.00. The summed E-state index contributed by atoms with van der Waals surface area (Å²) in [4.78, 5) is 45.3. The van der Waals surface area contributed by atoms with E-state index in [1.165, 1.54) is 46.1 Å². The maximum Gasteiger partial charge on any atom is 0.305 e. The van der Waals surface area contributed by atoms with E-state index in [9.17, 15) is 18.8 Å². The van der Waals surface area contributed by atoms with Crippen molar-refractivity contribution in [1.29, 1.82) is 0 Å².